The Morgan fingerprint density at radius 2 is 1.87 bits per heavy atom. The standard InChI is InChI=1S/C11H10Br2S2/c1-6-3-4-9(14-6)11(13)10-5-8(12)7(2)15-10/h3-5,11H,1-2H3. The third-order valence-electron chi connectivity index (χ3n) is 2.14. The van der Waals surface area contributed by atoms with Crippen molar-refractivity contribution in [2.24, 2.45) is 0 Å². The Hall–Kier alpha value is 0.360. The molecule has 0 aliphatic rings. The molecule has 1 unspecified atom stereocenters. The minimum absolute atomic E-state index is 0.339. The van der Waals surface area contributed by atoms with E-state index in [4.69, 9.17) is 0 Å². The first-order chi connectivity index (χ1) is 7.08. The summed E-state index contributed by atoms with van der Waals surface area (Å²) in [6.45, 7) is 4.28. The number of hydrogen-bond donors (Lipinski definition) is 0. The molecule has 0 saturated heterocycles. The van der Waals surface area contributed by atoms with E-state index in [1.165, 1.54) is 24.0 Å². The molecule has 0 N–H and O–H groups in total. The molecule has 0 aromatic carbocycles. The van der Waals surface area contributed by atoms with Crippen LogP contribution in [0.5, 0.6) is 0 Å². The van der Waals surface area contributed by atoms with Crippen LogP contribution < -0.4 is 0 Å². The zero-order valence-electron chi connectivity index (χ0n) is 8.38. The van der Waals surface area contributed by atoms with E-state index in [1.54, 1.807) is 0 Å². The van der Waals surface area contributed by atoms with Crippen LogP contribution >= 0.6 is 54.5 Å². The maximum absolute atomic E-state index is 3.75. The lowest BCUT2D eigenvalue weighted by Crippen LogP contribution is -1.83. The number of halogens is 2. The van der Waals surface area contributed by atoms with Gasteiger partial charge in [-0.25, -0.2) is 0 Å². The minimum atomic E-state index is 0.339. The van der Waals surface area contributed by atoms with Crippen molar-refractivity contribution in [2.45, 2.75) is 18.7 Å². The molecule has 0 nitrogen and oxygen atoms in total. The minimum Gasteiger partial charge on any atom is -0.144 e. The Morgan fingerprint density at radius 1 is 1.13 bits per heavy atom. The molecule has 0 fully saturated rings. The zero-order valence-corrected chi connectivity index (χ0v) is 13.2. The molecule has 0 aliphatic heterocycles. The van der Waals surface area contributed by atoms with Gasteiger partial charge in [0, 0.05) is 24.0 Å². The lowest BCUT2D eigenvalue weighted by Gasteiger charge is -2.03. The predicted octanol–water partition coefficient (Wildman–Crippen LogP) is 5.67. The van der Waals surface area contributed by atoms with Gasteiger partial charge >= 0.3 is 0 Å². The third-order valence-corrected chi connectivity index (χ3v) is 7.00. The summed E-state index contributed by atoms with van der Waals surface area (Å²) in [6.07, 6.45) is 0. The first-order valence-corrected chi connectivity index (χ1v) is 7.88. The lowest BCUT2D eigenvalue weighted by atomic mass is 10.3. The van der Waals surface area contributed by atoms with Crippen molar-refractivity contribution in [3.63, 3.8) is 0 Å². The van der Waals surface area contributed by atoms with E-state index in [2.05, 4.69) is 63.9 Å². The van der Waals surface area contributed by atoms with E-state index < -0.39 is 0 Å². The Kier molecular flexibility index (Phi) is 3.71. The molecule has 15 heavy (non-hydrogen) atoms. The second kappa shape index (κ2) is 4.70. The van der Waals surface area contributed by atoms with E-state index in [1.807, 2.05) is 22.7 Å². The maximum atomic E-state index is 3.75. The number of alkyl halides is 1. The lowest BCUT2D eigenvalue weighted by molar-refractivity contribution is 1.28. The van der Waals surface area contributed by atoms with Crippen molar-refractivity contribution in [1.82, 2.24) is 0 Å². The summed E-state index contributed by atoms with van der Waals surface area (Å²) in [5.41, 5.74) is 0. The highest BCUT2D eigenvalue weighted by Gasteiger charge is 2.15. The van der Waals surface area contributed by atoms with Crippen molar-refractivity contribution in [2.75, 3.05) is 0 Å². The molecular weight excluding hydrogens is 356 g/mol. The average molecular weight is 366 g/mol. The molecule has 2 aromatic rings. The molecule has 2 rings (SSSR count). The van der Waals surface area contributed by atoms with Crippen molar-refractivity contribution in [1.29, 1.82) is 0 Å². The smallest absolute Gasteiger partial charge is 0.0831 e. The predicted molar refractivity (Wildman–Crippen MR) is 76.6 cm³/mol. The molecule has 2 aromatic heterocycles. The van der Waals surface area contributed by atoms with Crippen molar-refractivity contribution in [3.8, 4) is 0 Å². The van der Waals surface area contributed by atoms with Crippen LogP contribution in [0.1, 0.15) is 24.3 Å². The summed E-state index contributed by atoms with van der Waals surface area (Å²) in [5.74, 6) is 0. The molecule has 1 atom stereocenters. The molecule has 0 amide bonds. The van der Waals surface area contributed by atoms with Crippen LogP contribution in [0.2, 0.25) is 0 Å². The van der Waals surface area contributed by atoms with Gasteiger partial charge in [0.25, 0.3) is 0 Å². The van der Waals surface area contributed by atoms with Crippen molar-refractivity contribution < 1.29 is 0 Å². The van der Waals surface area contributed by atoms with E-state index >= 15 is 0 Å². The van der Waals surface area contributed by atoms with E-state index in [9.17, 15) is 0 Å². The highest BCUT2D eigenvalue weighted by Crippen LogP contribution is 2.40. The summed E-state index contributed by atoms with van der Waals surface area (Å²) >= 11 is 11.0. The highest BCUT2D eigenvalue weighted by atomic mass is 79.9. The summed E-state index contributed by atoms with van der Waals surface area (Å²) in [4.78, 5) is 5.78. The molecule has 0 radical (unpaired) electrons. The largest absolute Gasteiger partial charge is 0.144 e. The van der Waals surface area contributed by atoms with Gasteiger partial charge in [-0.3, -0.25) is 0 Å². The normalized spacial score (nSPS) is 13.1. The fraction of sp³-hybridized carbons (Fsp3) is 0.273. The molecule has 2 heterocycles. The first kappa shape index (κ1) is 11.8. The van der Waals surface area contributed by atoms with Crippen LogP contribution in [-0.2, 0) is 0 Å². The Balaban J connectivity index is 2.31. The molecular formula is C11H10Br2S2. The Bertz CT molecular complexity index is 451. The second-order valence-electron chi connectivity index (χ2n) is 3.36. The van der Waals surface area contributed by atoms with Crippen LogP contribution in [0.15, 0.2) is 22.7 Å². The van der Waals surface area contributed by atoms with Gasteiger partial charge in [0.1, 0.15) is 0 Å². The van der Waals surface area contributed by atoms with E-state index in [0.29, 0.717) is 4.83 Å². The molecule has 80 valence electrons. The van der Waals surface area contributed by atoms with Crippen molar-refractivity contribution >= 4 is 54.5 Å². The Morgan fingerprint density at radius 3 is 2.33 bits per heavy atom. The molecule has 0 spiro atoms. The third kappa shape index (κ3) is 2.54. The molecule has 0 saturated carbocycles. The summed E-state index contributed by atoms with van der Waals surface area (Å²) < 4.78 is 1.21. The number of hydrogen-bond acceptors (Lipinski definition) is 2. The average Bonchev–Trinajstić information content (AvgIpc) is 2.74. The molecule has 0 aliphatic carbocycles. The van der Waals surface area contributed by atoms with Gasteiger partial charge in [-0.1, -0.05) is 15.9 Å². The van der Waals surface area contributed by atoms with Gasteiger partial charge in [-0.15, -0.1) is 22.7 Å². The number of thiophene rings is 2. The monoisotopic (exact) mass is 364 g/mol. The van der Waals surface area contributed by atoms with Crippen LogP contribution in [0.25, 0.3) is 0 Å². The molecule has 0 bridgehead atoms. The summed E-state index contributed by atoms with van der Waals surface area (Å²) in [5, 5.41) is 0. The zero-order chi connectivity index (χ0) is 11.0. The topological polar surface area (TPSA) is 0 Å². The van der Waals surface area contributed by atoms with Crippen LogP contribution in [0, 0.1) is 13.8 Å². The van der Waals surface area contributed by atoms with Gasteiger partial charge in [-0.2, -0.15) is 0 Å². The summed E-state index contributed by atoms with van der Waals surface area (Å²) in [7, 11) is 0. The number of aryl methyl sites for hydroxylation is 2. The van der Waals surface area contributed by atoms with Crippen LogP contribution in [0.4, 0.5) is 0 Å². The molecule has 4 heteroatoms. The summed E-state index contributed by atoms with van der Waals surface area (Å²) in [6, 6.07) is 6.57. The van der Waals surface area contributed by atoms with Gasteiger partial charge in [0.15, 0.2) is 0 Å². The SMILES string of the molecule is Cc1ccc(C(Br)c2cc(Br)c(C)s2)s1. The number of rotatable bonds is 2. The van der Waals surface area contributed by atoms with Gasteiger partial charge in [0.2, 0.25) is 0 Å². The van der Waals surface area contributed by atoms with Crippen LogP contribution in [-0.4, -0.2) is 0 Å². The quantitative estimate of drug-likeness (QED) is 0.601. The Labute approximate surface area is 115 Å². The van der Waals surface area contributed by atoms with Crippen LogP contribution in [0.3, 0.4) is 0 Å². The first-order valence-electron chi connectivity index (χ1n) is 4.54. The fourth-order valence-corrected chi connectivity index (χ4v) is 4.69. The van der Waals surface area contributed by atoms with Gasteiger partial charge < -0.3 is 0 Å². The second-order valence-corrected chi connectivity index (χ2v) is 7.74. The maximum Gasteiger partial charge on any atom is 0.0831 e. The van der Waals surface area contributed by atoms with Crippen molar-refractivity contribution in [3.05, 3.63) is 42.2 Å². The van der Waals surface area contributed by atoms with E-state index in [-0.39, 0.29) is 0 Å². The van der Waals surface area contributed by atoms with Gasteiger partial charge in [0.05, 0.1) is 4.83 Å². The van der Waals surface area contributed by atoms with E-state index in [0.717, 1.165) is 0 Å². The highest BCUT2D eigenvalue weighted by molar-refractivity contribution is 9.10. The fourth-order valence-electron chi connectivity index (χ4n) is 1.34. The van der Waals surface area contributed by atoms with Gasteiger partial charge in [-0.05, 0) is 48.0 Å².